The summed E-state index contributed by atoms with van der Waals surface area (Å²) in [6.07, 6.45) is 2.62. The standard InChI is InChI=1S/C25H23N3O2/c26-25-18-10-6-12-22(29)17(18)13-14-23(25)30-24(16-7-2-1-3-8-16)15-21-19-9-4-5-11-20(19)27-28-21/h1-5,7-9,11,13-14,24H,6,10,12,15,26H2,(H,27,28)/t24-/m0/s1. The van der Waals surface area contributed by atoms with Crippen molar-refractivity contribution >= 4 is 22.4 Å². The highest BCUT2D eigenvalue weighted by atomic mass is 16.5. The number of benzene rings is 3. The number of nitrogens with zero attached hydrogens (tertiary/aromatic N) is 1. The van der Waals surface area contributed by atoms with Crippen LogP contribution in [0, 0.1) is 0 Å². The van der Waals surface area contributed by atoms with Gasteiger partial charge in [0, 0.05) is 29.5 Å². The Balaban J connectivity index is 1.51. The summed E-state index contributed by atoms with van der Waals surface area (Å²) in [5, 5.41) is 8.67. The summed E-state index contributed by atoms with van der Waals surface area (Å²) in [5.74, 6) is 0.791. The molecule has 0 spiro atoms. The highest BCUT2D eigenvalue weighted by Gasteiger charge is 2.24. The zero-order valence-corrected chi connectivity index (χ0v) is 16.6. The number of anilines is 1. The molecule has 30 heavy (non-hydrogen) atoms. The molecule has 5 heteroatoms. The fourth-order valence-corrected chi connectivity index (χ4v) is 4.24. The lowest BCUT2D eigenvalue weighted by Gasteiger charge is -2.23. The van der Waals surface area contributed by atoms with Crippen molar-refractivity contribution in [1.29, 1.82) is 0 Å². The normalized spacial score (nSPS) is 14.5. The highest BCUT2D eigenvalue weighted by Crippen LogP contribution is 2.36. The van der Waals surface area contributed by atoms with Crippen LogP contribution in [0.3, 0.4) is 0 Å². The summed E-state index contributed by atoms with van der Waals surface area (Å²) in [5.41, 5.74) is 11.7. The summed E-state index contributed by atoms with van der Waals surface area (Å²) in [7, 11) is 0. The largest absolute Gasteiger partial charge is 0.483 e. The molecule has 0 saturated heterocycles. The lowest BCUT2D eigenvalue weighted by Crippen LogP contribution is -2.16. The van der Waals surface area contributed by atoms with Gasteiger partial charge in [0.1, 0.15) is 11.9 Å². The Morgan fingerprint density at radius 3 is 2.67 bits per heavy atom. The molecule has 0 fully saturated rings. The van der Waals surface area contributed by atoms with Gasteiger partial charge in [0.2, 0.25) is 0 Å². The minimum atomic E-state index is -0.241. The number of ether oxygens (including phenoxy) is 1. The molecule has 0 amide bonds. The third-order valence-electron chi connectivity index (χ3n) is 5.82. The van der Waals surface area contributed by atoms with Gasteiger partial charge in [0.25, 0.3) is 0 Å². The van der Waals surface area contributed by atoms with Crippen LogP contribution >= 0.6 is 0 Å². The summed E-state index contributed by atoms with van der Waals surface area (Å²) in [6.45, 7) is 0. The van der Waals surface area contributed by atoms with E-state index in [9.17, 15) is 4.79 Å². The van der Waals surface area contributed by atoms with Gasteiger partial charge in [-0.05, 0) is 42.2 Å². The maximum Gasteiger partial charge on any atom is 0.163 e. The third-order valence-corrected chi connectivity index (χ3v) is 5.82. The van der Waals surface area contributed by atoms with Crippen LogP contribution in [0.1, 0.15) is 46.1 Å². The number of ketones is 1. The third kappa shape index (κ3) is 3.32. The summed E-state index contributed by atoms with van der Waals surface area (Å²) in [4.78, 5) is 12.2. The van der Waals surface area contributed by atoms with Crippen LogP contribution in [-0.4, -0.2) is 16.0 Å². The average Bonchev–Trinajstić information content (AvgIpc) is 3.19. The van der Waals surface area contributed by atoms with Crippen molar-refractivity contribution in [3.8, 4) is 5.75 Å². The van der Waals surface area contributed by atoms with Crippen LogP contribution in [0.5, 0.6) is 5.75 Å². The van der Waals surface area contributed by atoms with E-state index in [0.717, 1.165) is 46.1 Å². The molecule has 0 radical (unpaired) electrons. The Bertz CT molecular complexity index is 1210. The van der Waals surface area contributed by atoms with E-state index >= 15 is 0 Å². The molecule has 3 N–H and O–H groups in total. The molecule has 0 aliphatic heterocycles. The first kappa shape index (κ1) is 18.4. The molecular weight excluding hydrogens is 374 g/mol. The lowest BCUT2D eigenvalue weighted by atomic mass is 9.89. The first-order chi connectivity index (χ1) is 14.7. The molecule has 4 aromatic rings. The molecule has 0 bridgehead atoms. The van der Waals surface area contributed by atoms with Gasteiger partial charge in [-0.15, -0.1) is 0 Å². The van der Waals surface area contributed by atoms with Crippen molar-refractivity contribution in [2.75, 3.05) is 5.73 Å². The van der Waals surface area contributed by atoms with Crippen LogP contribution in [0.25, 0.3) is 10.9 Å². The first-order valence-electron chi connectivity index (χ1n) is 10.3. The number of H-pyrrole nitrogens is 1. The number of carbonyl (C=O) groups is 1. The molecule has 1 aliphatic rings. The van der Waals surface area contributed by atoms with Crippen molar-refractivity contribution in [3.05, 3.63) is 89.1 Å². The highest BCUT2D eigenvalue weighted by molar-refractivity contribution is 6.00. The van der Waals surface area contributed by atoms with E-state index in [4.69, 9.17) is 10.5 Å². The molecule has 1 heterocycles. The van der Waals surface area contributed by atoms with Gasteiger partial charge in [0.15, 0.2) is 5.78 Å². The molecule has 0 saturated carbocycles. The maximum absolute atomic E-state index is 12.2. The predicted octanol–water partition coefficient (Wildman–Crippen LogP) is 5.03. The Morgan fingerprint density at radius 1 is 1.00 bits per heavy atom. The second kappa shape index (κ2) is 7.67. The Morgan fingerprint density at radius 2 is 1.80 bits per heavy atom. The van der Waals surface area contributed by atoms with Gasteiger partial charge < -0.3 is 10.5 Å². The summed E-state index contributed by atoms with van der Waals surface area (Å²) < 4.78 is 6.47. The minimum absolute atomic E-state index is 0.165. The number of carbonyl (C=O) groups excluding carboxylic acids is 1. The van der Waals surface area contributed by atoms with E-state index in [1.807, 2.05) is 48.5 Å². The zero-order valence-electron chi connectivity index (χ0n) is 16.6. The Labute approximate surface area is 174 Å². The molecule has 1 aromatic heterocycles. The van der Waals surface area contributed by atoms with Crippen molar-refractivity contribution < 1.29 is 9.53 Å². The van der Waals surface area contributed by atoms with E-state index in [1.165, 1.54) is 0 Å². The van der Waals surface area contributed by atoms with Crippen LogP contribution < -0.4 is 10.5 Å². The van der Waals surface area contributed by atoms with Crippen molar-refractivity contribution in [2.45, 2.75) is 31.8 Å². The van der Waals surface area contributed by atoms with Gasteiger partial charge in [-0.3, -0.25) is 9.89 Å². The van der Waals surface area contributed by atoms with Crippen molar-refractivity contribution in [2.24, 2.45) is 0 Å². The zero-order chi connectivity index (χ0) is 20.5. The summed E-state index contributed by atoms with van der Waals surface area (Å²) in [6, 6.07) is 21.9. The van der Waals surface area contributed by atoms with Crippen LogP contribution in [0.4, 0.5) is 5.69 Å². The minimum Gasteiger partial charge on any atom is -0.483 e. The number of rotatable bonds is 5. The van der Waals surface area contributed by atoms with Gasteiger partial charge in [-0.25, -0.2) is 0 Å². The number of fused-ring (bicyclic) bond motifs is 2. The fraction of sp³-hybridized carbons (Fsp3) is 0.200. The molecular formula is C25H23N3O2. The van der Waals surface area contributed by atoms with E-state index in [2.05, 4.69) is 28.4 Å². The fourth-order valence-electron chi connectivity index (χ4n) is 4.24. The van der Waals surface area contributed by atoms with Gasteiger partial charge >= 0.3 is 0 Å². The first-order valence-corrected chi connectivity index (χ1v) is 10.3. The molecule has 1 aliphatic carbocycles. The van der Waals surface area contributed by atoms with Crippen molar-refractivity contribution in [3.63, 3.8) is 0 Å². The van der Waals surface area contributed by atoms with E-state index in [1.54, 1.807) is 0 Å². The van der Waals surface area contributed by atoms with Gasteiger partial charge in [0.05, 0.1) is 11.2 Å². The van der Waals surface area contributed by atoms with Gasteiger partial charge in [-0.2, -0.15) is 5.10 Å². The maximum atomic E-state index is 12.2. The topological polar surface area (TPSA) is 81.0 Å². The predicted molar refractivity (Wildman–Crippen MR) is 118 cm³/mol. The number of nitrogens with two attached hydrogens (primary N) is 1. The monoisotopic (exact) mass is 397 g/mol. The Kier molecular flexibility index (Phi) is 4.71. The number of nitrogen functional groups attached to an aromatic ring is 1. The lowest BCUT2D eigenvalue weighted by molar-refractivity contribution is 0.0972. The van der Waals surface area contributed by atoms with Crippen molar-refractivity contribution in [1.82, 2.24) is 10.2 Å². The molecule has 1 atom stereocenters. The van der Waals surface area contributed by atoms with Crippen LogP contribution in [0.15, 0.2) is 66.7 Å². The summed E-state index contributed by atoms with van der Waals surface area (Å²) >= 11 is 0. The van der Waals surface area contributed by atoms with Crippen LogP contribution in [0.2, 0.25) is 0 Å². The second-order valence-electron chi connectivity index (χ2n) is 7.72. The number of hydrogen-bond acceptors (Lipinski definition) is 4. The number of aromatic nitrogens is 2. The SMILES string of the molecule is Nc1c(O[C@@H](Cc2[nH]nc3ccccc23)c2ccccc2)ccc2c1CCCC2=O. The van der Waals surface area contributed by atoms with Crippen LogP contribution in [-0.2, 0) is 12.8 Å². The molecule has 3 aromatic carbocycles. The van der Waals surface area contributed by atoms with E-state index in [0.29, 0.717) is 24.3 Å². The molecule has 150 valence electrons. The number of hydrogen-bond donors (Lipinski definition) is 2. The molecule has 5 rings (SSSR count). The Hall–Kier alpha value is -3.60. The van der Waals surface area contributed by atoms with Gasteiger partial charge in [-0.1, -0.05) is 48.5 Å². The number of nitrogens with one attached hydrogen (secondary N) is 1. The quantitative estimate of drug-likeness (QED) is 0.463. The smallest absolute Gasteiger partial charge is 0.163 e. The second-order valence-corrected chi connectivity index (χ2v) is 7.72. The molecule has 5 nitrogen and oxygen atoms in total. The number of Topliss-reactive ketones (excluding diaryl/α,β-unsaturated/α-hetero) is 1. The average molecular weight is 397 g/mol. The molecule has 0 unspecified atom stereocenters. The number of para-hydroxylation sites is 1. The number of aromatic amines is 1. The van der Waals surface area contributed by atoms with E-state index in [-0.39, 0.29) is 11.9 Å². The van der Waals surface area contributed by atoms with E-state index < -0.39 is 0 Å².